The van der Waals surface area contributed by atoms with E-state index in [1.807, 2.05) is 142 Å². The number of pyridine rings is 1. The van der Waals surface area contributed by atoms with Gasteiger partial charge in [0.1, 0.15) is 5.60 Å². The number of benzene rings is 11. The fraction of sp³-hybridized carbons (Fsp3) is 0.273. The minimum atomic E-state index is -0.508. The molecular formula is C121H128BrN17O8. The van der Waals surface area contributed by atoms with Crippen LogP contribution in [-0.2, 0) is 120 Å². The van der Waals surface area contributed by atoms with Crippen molar-refractivity contribution in [3.8, 4) is 0 Å². The van der Waals surface area contributed by atoms with Crippen molar-refractivity contribution in [2.45, 2.75) is 143 Å². The van der Waals surface area contributed by atoms with Gasteiger partial charge in [0.25, 0.3) is 29.5 Å². The molecule has 0 saturated heterocycles. The molecule has 5 aliphatic heterocycles. The Labute approximate surface area is 866 Å². The van der Waals surface area contributed by atoms with Crippen molar-refractivity contribution >= 4 is 112 Å². The van der Waals surface area contributed by atoms with Gasteiger partial charge in [-0.2, -0.15) is 0 Å². The lowest BCUT2D eigenvalue weighted by Crippen LogP contribution is -2.40. The number of rotatable bonds is 22. The maximum absolute atomic E-state index is 12.6. The molecule has 0 radical (unpaired) electrons. The van der Waals surface area contributed by atoms with Gasteiger partial charge in [0.15, 0.2) is 0 Å². The van der Waals surface area contributed by atoms with Crippen LogP contribution >= 0.6 is 15.9 Å². The molecule has 7 amide bonds. The molecule has 0 saturated carbocycles. The van der Waals surface area contributed by atoms with Crippen LogP contribution in [0.1, 0.15) is 174 Å². The zero-order valence-corrected chi connectivity index (χ0v) is 86.5. The molecule has 22 rings (SSSR count). The normalized spacial score (nSPS) is 13.8. The number of para-hydroxylation sites is 4. The van der Waals surface area contributed by atoms with Crippen molar-refractivity contribution in [3.63, 3.8) is 0 Å². The van der Waals surface area contributed by atoms with Gasteiger partial charge in [0.2, 0.25) is 5.91 Å². The second-order valence-corrected chi connectivity index (χ2v) is 40.2. The highest BCUT2D eigenvalue weighted by Crippen LogP contribution is 2.40. The van der Waals surface area contributed by atoms with E-state index in [1.165, 1.54) is 133 Å². The van der Waals surface area contributed by atoms with Crippen molar-refractivity contribution in [3.05, 3.63) is 419 Å². The lowest BCUT2D eigenvalue weighted by molar-refractivity contribution is -0.118. The number of amides is 7. The highest BCUT2D eigenvalue weighted by atomic mass is 79.9. The smallest absolute Gasteiger partial charge is 0.410 e. The Morgan fingerprint density at radius 3 is 1.01 bits per heavy atom. The number of nitrogens with two attached hydrogens (primary N) is 1. The molecule has 5 aliphatic rings. The van der Waals surface area contributed by atoms with Gasteiger partial charge in [-0.3, -0.25) is 48.5 Å². The first-order chi connectivity index (χ1) is 71.4. The van der Waals surface area contributed by atoms with Gasteiger partial charge in [0, 0.05) is 318 Å². The molecule has 147 heavy (non-hydrogen) atoms. The molecule has 0 unspecified atom stereocenters. The molecule has 0 spiro atoms. The number of halogens is 1. The van der Waals surface area contributed by atoms with Crippen LogP contribution in [0.2, 0.25) is 0 Å². The Morgan fingerprint density at radius 2 is 0.646 bits per heavy atom. The summed E-state index contributed by atoms with van der Waals surface area (Å²) in [6.45, 7) is 21.2. The molecule has 26 heteroatoms. The lowest BCUT2D eigenvalue weighted by Gasteiger charge is -2.30. The van der Waals surface area contributed by atoms with Crippen molar-refractivity contribution in [2.24, 2.45) is 5.73 Å². The van der Waals surface area contributed by atoms with Crippen molar-refractivity contribution in [2.75, 3.05) is 74.5 Å². The number of carbonyl (C=O) groups excluding carboxylic acids is 7. The van der Waals surface area contributed by atoms with Crippen LogP contribution < -0.4 is 37.6 Å². The van der Waals surface area contributed by atoms with Crippen LogP contribution in [0.3, 0.4) is 0 Å². The first-order valence-electron chi connectivity index (χ1n) is 50.7. The fourth-order valence-corrected chi connectivity index (χ4v) is 21.6. The molecule has 752 valence electrons. The molecule has 17 aromatic rings. The number of nitrogens with zero attached hydrogens (tertiary/aromatic N) is 10. The van der Waals surface area contributed by atoms with E-state index in [1.54, 1.807) is 40.1 Å². The molecule has 6 aromatic heterocycles. The minimum Gasteiger partial charge on any atom is -0.444 e. The lowest BCUT2D eigenvalue weighted by atomic mass is 10.0. The monoisotopic (exact) mass is 2030 g/mol. The summed E-state index contributed by atoms with van der Waals surface area (Å²) >= 11 is 3.67. The summed E-state index contributed by atoms with van der Waals surface area (Å²) < 4.78 is 18.8. The molecule has 11 aromatic carbocycles. The highest BCUT2D eigenvalue weighted by Gasteiger charge is 2.33. The van der Waals surface area contributed by atoms with Gasteiger partial charge in [0.05, 0.1) is 6.54 Å². The van der Waals surface area contributed by atoms with Gasteiger partial charge < -0.3 is 70.1 Å². The van der Waals surface area contributed by atoms with Crippen molar-refractivity contribution in [1.82, 2.24) is 79.3 Å². The van der Waals surface area contributed by atoms with Crippen LogP contribution in [0.5, 0.6) is 0 Å². The third-order valence-electron chi connectivity index (χ3n) is 28.6. The number of ether oxygens (including phenoxy) is 1. The fourth-order valence-electron chi connectivity index (χ4n) is 21.3. The van der Waals surface area contributed by atoms with E-state index < -0.39 is 5.60 Å². The van der Waals surface area contributed by atoms with Crippen LogP contribution in [0.15, 0.2) is 296 Å². The average Bonchev–Trinajstić information content (AvgIpc) is 1.58. The van der Waals surface area contributed by atoms with Crippen molar-refractivity contribution in [1.29, 1.82) is 0 Å². The highest BCUT2D eigenvalue weighted by molar-refractivity contribution is 9.10. The molecule has 8 N–H and O–H groups in total. The van der Waals surface area contributed by atoms with Crippen LogP contribution in [0.4, 0.5) is 4.79 Å². The molecule has 0 bridgehead atoms. The molecule has 0 atom stereocenters. The van der Waals surface area contributed by atoms with E-state index >= 15 is 0 Å². The van der Waals surface area contributed by atoms with E-state index in [0.717, 1.165) is 151 Å². The van der Waals surface area contributed by atoms with E-state index in [-0.39, 0.29) is 41.5 Å². The number of aromatic nitrogens is 6. The van der Waals surface area contributed by atoms with E-state index in [4.69, 9.17) is 10.5 Å². The quantitative estimate of drug-likeness (QED) is 0.0333. The van der Waals surface area contributed by atoms with Crippen molar-refractivity contribution < 1.29 is 38.3 Å². The van der Waals surface area contributed by atoms with Crippen LogP contribution in [0, 0.1) is 0 Å². The van der Waals surface area contributed by atoms with Gasteiger partial charge in [-0.15, -0.1) is 0 Å². The van der Waals surface area contributed by atoms with E-state index in [9.17, 15) is 33.6 Å². The first kappa shape index (κ1) is 102. The van der Waals surface area contributed by atoms with Gasteiger partial charge in [-0.1, -0.05) is 180 Å². The van der Waals surface area contributed by atoms with Gasteiger partial charge in [-0.25, -0.2) is 4.79 Å². The Balaban J connectivity index is 0.000000121. The molecule has 0 aliphatic carbocycles. The molecule has 11 heterocycles. The summed E-state index contributed by atoms with van der Waals surface area (Å²) in [4.78, 5) is 96.1. The largest absolute Gasteiger partial charge is 0.444 e. The summed E-state index contributed by atoms with van der Waals surface area (Å²) in [5.74, 6) is -0.558. The topological polar surface area (TPSA) is 277 Å². The molecule has 0 fully saturated rings. The second-order valence-electron chi connectivity index (χ2n) is 39.3. The Kier molecular flexibility index (Phi) is 32.1. The zero-order chi connectivity index (χ0) is 102. The average molecular weight is 2030 g/mol. The van der Waals surface area contributed by atoms with E-state index in [2.05, 4.69) is 260 Å². The Bertz CT molecular complexity index is 7630. The number of primary amides is 1. The number of carbonyl (C=O) groups is 7. The predicted molar refractivity (Wildman–Crippen MR) is 587 cm³/mol. The van der Waals surface area contributed by atoms with Crippen LogP contribution in [-0.4, -0.2) is 169 Å². The van der Waals surface area contributed by atoms with Gasteiger partial charge >= 0.3 is 6.09 Å². The minimum absolute atomic E-state index is 0.0450. The number of hydrogen-bond acceptors (Lipinski definition) is 13. The predicted octanol–water partition coefficient (Wildman–Crippen LogP) is 18.7. The van der Waals surface area contributed by atoms with Gasteiger partial charge in [-0.05, 0) is 197 Å². The summed E-state index contributed by atoms with van der Waals surface area (Å²) in [6, 6.07) is 95.0. The standard InChI is InChI=1S/C27H26BrN3O.C26H26N4O.C25H29N3O3.C23H26N4O2.C20H21N3O/c1-29-27(32)21-9-7-20(8-10-21)17-31-25-12-11-22(28)15-23(25)24-18-30(14-13-26(24)31)16-19-5-3-2-4-6-19;1-27-26(31)21-8-6-19(7-9-21)17-30-24-5-3-2-4-22(24)23-18-29(15-12-25(23)30)16-20-10-13-28-14-11-20;1-25(2,3)31-24(30)27-14-13-22-20(16-27)19-7-5-6-8-21(19)28(22)15-17-9-11-18(12-10-17)23(29)26-4;1-25-23(29)17-8-6-16(7-9-17)14-27-20-5-3-2-4-18(20)19-15-26(12-10-21(19)27)13-11-22(24)28;1-21-20(24)15-8-6-14(7-9-15)13-23-18-5-3-2-4-16(18)17-12-22-11-10-19(17)23/h2-12,15H,13-14,16-18H2,1H3,(H,29,32);2-11,13-14H,12,15-18H2,1H3,(H,27,31);5-12H,13-16H2,1-4H3,(H,26,29);2-9H,10-15H2,1H3,(H2,24,28)(H,25,29);2-9,22H,10-13H2,1H3,(H,21,24). The maximum Gasteiger partial charge on any atom is 0.410 e. The number of fused-ring (bicyclic) bond motifs is 15. The SMILES string of the molecule is CNC(=O)c1ccc(Cn2c3c(c4cc(Br)ccc42)CN(Cc2ccccc2)CC3)cc1.CNC(=O)c1ccc(Cn2c3c(c4ccccc42)CN(C(=O)OC(C)(C)C)CC3)cc1.CNC(=O)c1ccc(Cn2c3c(c4ccccc42)CN(CCC(N)=O)CC3)cc1.CNC(=O)c1ccc(Cn2c3c(c4ccccc42)CN(Cc2ccncc2)CC3)cc1.CNC(=O)c1ccc(Cn2c3c(c4ccccc42)CNCC3)cc1. The van der Waals surface area contributed by atoms with E-state index in [0.29, 0.717) is 53.9 Å². The number of hydrogen-bond donors (Lipinski definition) is 7. The Morgan fingerprint density at radius 1 is 0.340 bits per heavy atom. The first-order valence-corrected chi connectivity index (χ1v) is 51.5. The third kappa shape index (κ3) is 23.6. The second kappa shape index (κ2) is 46.4. The molecular weight excluding hydrogens is 1900 g/mol. The number of nitrogens with one attached hydrogen (secondary N) is 6. The molecule has 25 nitrogen and oxygen atoms in total. The zero-order valence-electron chi connectivity index (χ0n) is 84.9. The summed E-state index contributed by atoms with van der Waals surface area (Å²) in [5.41, 5.74) is 36.8. The maximum atomic E-state index is 12.6. The summed E-state index contributed by atoms with van der Waals surface area (Å²) in [7, 11) is 8.25. The van der Waals surface area contributed by atoms with Crippen LogP contribution in [0.25, 0.3) is 54.5 Å². The Hall–Kier alpha value is -15.3. The summed E-state index contributed by atoms with van der Waals surface area (Å²) in [5, 5.41) is 23.3. The third-order valence-corrected chi connectivity index (χ3v) is 29.1. The summed E-state index contributed by atoms with van der Waals surface area (Å²) in [6.07, 6.45) is 8.71.